The van der Waals surface area contributed by atoms with Crippen LogP contribution >= 0.6 is 0 Å². The van der Waals surface area contributed by atoms with Gasteiger partial charge in [-0.05, 0) is 17.7 Å². The fourth-order valence-corrected chi connectivity index (χ4v) is 2.06. The van der Waals surface area contributed by atoms with Crippen molar-refractivity contribution in [1.29, 1.82) is 0 Å². The molecule has 0 saturated carbocycles. The molecule has 5 nitrogen and oxygen atoms in total. The van der Waals surface area contributed by atoms with E-state index in [0.29, 0.717) is 17.5 Å². The van der Waals surface area contributed by atoms with E-state index in [1.807, 2.05) is 12.1 Å². The molecule has 2 rings (SSSR count). The van der Waals surface area contributed by atoms with Gasteiger partial charge in [-0.1, -0.05) is 13.8 Å². The van der Waals surface area contributed by atoms with Gasteiger partial charge in [0.1, 0.15) is 0 Å². The van der Waals surface area contributed by atoms with E-state index in [1.165, 1.54) is 0 Å². The molecule has 0 aliphatic rings. The molecule has 0 fully saturated rings. The monoisotopic (exact) mass is 287 g/mol. The minimum Gasteiger partial charge on any atom is -0.493 e. The summed E-state index contributed by atoms with van der Waals surface area (Å²) in [5.74, 6) is 1.40. The molecule has 0 amide bonds. The molecule has 1 aromatic heterocycles. The Kier molecular flexibility index (Phi) is 5.11. The molecule has 0 aliphatic carbocycles. The molecule has 21 heavy (non-hydrogen) atoms. The van der Waals surface area contributed by atoms with Crippen molar-refractivity contribution in [2.24, 2.45) is 0 Å². The molecule has 0 atom stereocenters. The zero-order valence-corrected chi connectivity index (χ0v) is 12.9. The lowest BCUT2D eigenvalue weighted by Gasteiger charge is -2.16. The Hall–Kier alpha value is -2.14. The molecule has 2 aromatic rings. The third kappa shape index (κ3) is 3.70. The van der Waals surface area contributed by atoms with Crippen molar-refractivity contribution in [2.45, 2.75) is 26.4 Å². The second kappa shape index (κ2) is 7.04. The third-order valence-corrected chi connectivity index (χ3v) is 3.15. The maximum atomic E-state index is 5.39. The number of benzene rings is 1. The number of nitrogens with zero attached hydrogens (tertiary/aromatic N) is 2. The Labute approximate surface area is 125 Å². The summed E-state index contributed by atoms with van der Waals surface area (Å²) in [5, 5.41) is 3.42. The lowest BCUT2D eigenvalue weighted by Crippen LogP contribution is -2.22. The van der Waals surface area contributed by atoms with Gasteiger partial charge in [-0.25, -0.2) is 0 Å². The highest BCUT2D eigenvalue weighted by Crippen LogP contribution is 2.34. The van der Waals surface area contributed by atoms with Gasteiger partial charge in [0.05, 0.1) is 26.1 Å². The average molecular weight is 287 g/mol. The van der Waals surface area contributed by atoms with Crippen molar-refractivity contribution < 1.29 is 9.47 Å². The zero-order valence-electron chi connectivity index (χ0n) is 12.9. The van der Waals surface area contributed by atoms with Crippen molar-refractivity contribution in [3.8, 4) is 22.8 Å². The van der Waals surface area contributed by atoms with Crippen LogP contribution in [0.3, 0.4) is 0 Å². The average Bonchev–Trinajstić information content (AvgIpc) is 2.52. The van der Waals surface area contributed by atoms with Crippen molar-refractivity contribution >= 4 is 0 Å². The first-order chi connectivity index (χ1) is 10.2. The van der Waals surface area contributed by atoms with Gasteiger partial charge in [-0.15, -0.1) is 0 Å². The van der Waals surface area contributed by atoms with E-state index in [2.05, 4.69) is 29.1 Å². The van der Waals surface area contributed by atoms with E-state index in [1.54, 1.807) is 32.8 Å². The van der Waals surface area contributed by atoms with E-state index in [-0.39, 0.29) is 0 Å². The topological polar surface area (TPSA) is 56.3 Å². The standard InChI is InChI=1S/C16H21N3O2/c1-11(2)19-9-12-7-15(20-3)16(21-4)8-13(12)14-10-17-5-6-18-14/h5-8,10-11,19H,9H2,1-4H3. The van der Waals surface area contributed by atoms with Gasteiger partial charge in [0, 0.05) is 30.5 Å². The van der Waals surface area contributed by atoms with Gasteiger partial charge in [0.2, 0.25) is 0 Å². The van der Waals surface area contributed by atoms with Crippen LogP contribution < -0.4 is 14.8 Å². The number of hydrogen-bond acceptors (Lipinski definition) is 5. The second-order valence-corrected chi connectivity index (χ2v) is 4.99. The molecule has 0 unspecified atom stereocenters. The summed E-state index contributed by atoms with van der Waals surface area (Å²) >= 11 is 0. The van der Waals surface area contributed by atoms with E-state index in [0.717, 1.165) is 23.4 Å². The first-order valence-electron chi connectivity index (χ1n) is 6.90. The fraction of sp³-hybridized carbons (Fsp3) is 0.375. The van der Waals surface area contributed by atoms with Crippen LogP contribution in [0.15, 0.2) is 30.7 Å². The zero-order chi connectivity index (χ0) is 15.2. The summed E-state index contributed by atoms with van der Waals surface area (Å²) < 4.78 is 10.8. The van der Waals surface area contributed by atoms with Crippen LogP contribution in [-0.4, -0.2) is 30.2 Å². The second-order valence-electron chi connectivity index (χ2n) is 4.99. The van der Waals surface area contributed by atoms with Gasteiger partial charge in [0.15, 0.2) is 11.5 Å². The summed E-state index contributed by atoms with van der Waals surface area (Å²) in [5.41, 5.74) is 2.91. The predicted molar refractivity (Wildman–Crippen MR) is 82.5 cm³/mol. The molecule has 5 heteroatoms. The molecule has 1 heterocycles. The Bertz CT molecular complexity index is 586. The lowest BCUT2D eigenvalue weighted by atomic mass is 10.0. The highest BCUT2D eigenvalue weighted by molar-refractivity contribution is 5.68. The maximum absolute atomic E-state index is 5.39. The molecule has 1 N–H and O–H groups in total. The van der Waals surface area contributed by atoms with Gasteiger partial charge in [-0.2, -0.15) is 0 Å². The number of ether oxygens (including phenoxy) is 2. The molecular formula is C16H21N3O2. The Morgan fingerprint density at radius 1 is 1.10 bits per heavy atom. The smallest absolute Gasteiger partial charge is 0.161 e. The van der Waals surface area contributed by atoms with E-state index >= 15 is 0 Å². The minimum atomic E-state index is 0.396. The fourth-order valence-electron chi connectivity index (χ4n) is 2.06. The van der Waals surface area contributed by atoms with Gasteiger partial charge in [-0.3, -0.25) is 9.97 Å². The first kappa shape index (κ1) is 15.3. The maximum Gasteiger partial charge on any atom is 0.161 e. The van der Waals surface area contributed by atoms with E-state index < -0.39 is 0 Å². The summed E-state index contributed by atoms with van der Waals surface area (Å²) in [6.07, 6.45) is 5.10. The molecule has 0 radical (unpaired) electrons. The van der Waals surface area contributed by atoms with Crippen LogP contribution in [0.4, 0.5) is 0 Å². The molecular weight excluding hydrogens is 266 g/mol. The number of rotatable bonds is 6. The van der Waals surface area contributed by atoms with Crippen LogP contribution in [0.5, 0.6) is 11.5 Å². The van der Waals surface area contributed by atoms with E-state index in [9.17, 15) is 0 Å². The number of nitrogens with one attached hydrogen (secondary N) is 1. The molecule has 1 aromatic carbocycles. The highest BCUT2D eigenvalue weighted by atomic mass is 16.5. The summed E-state index contributed by atoms with van der Waals surface area (Å²) in [6.45, 7) is 4.95. The Morgan fingerprint density at radius 2 is 1.81 bits per heavy atom. The molecule has 0 bridgehead atoms. The van der Waals surface area contributed by atoms with Crippen LogP contribution in [0.1, 0.15) is 19.4 Å². The third-order valence-electron chi connectivity index (χ3n) is 3.15. The van der Waals surface area contributed by atoms with Gasteiger partial charge in [0.25, 0.3) is 0 Å². The molecule has 0 saturated heterocycles. The van der Waals surface area contributed by atoms with Crippen molar-refractivity contribution in [2.75, 3.05) is 14.2 Å². The Balaban J connectivity index is 2.48. The van der Waals surface area contributed by atoms with Crippen molar-refractivity contribution in [1.82, 2.24) is 15.3 Å². The number of hydrogen-bond donors (Lipinski definition) is 1. The summed E-state index contributed by atoms with van der Waals surface area (Å²) in [7, 11) is 3.27. The number of methoxy groups -OCH3 is 2. The summed E-state index contributed by atoms with van der Waals surface area (Å²) in [4.78, 5) is 8.52. The normalized spacial score (nSPS) is 10.7. The summed E-state index contributed by atoms with van der Waals surface area (Å²) in [6, 6.07) is 4.33. The van der Waals surface area contributed by atoms with Gasteiger partial charge < -0.3 is 14.8 Å². The quantitative estimate of drug-likeness (QED) is 0.885. The largest absolute Gasteiger partial charge is 0.493 e. The van der Waals surface area contributed by atoms with Crippen LogP contribution in [0.25, 0.3) is 11.3 Å². The van der Waals surface area contributed by atoms with Crippen LogP contribution in [-0.2, 0) is 6.54 Å². The van der Waals surface area contributed by atoms with Crippen molar-refractivity contribution in [3.05, 3.63) is 36.3 Å². The highest BCUT2D eigenvalue weighted by Gasteiger charge is 2.13. The van der Waals surface area contributed by atoms with Crippen molar-refractivity contribution in [3.63, 3.8) is 0 Å². The van der Waals surface area contributed by atoms with Crippen LogP contribution in [0, 0.1) is 0 Å². The first-order valence-corrected chi connectivity index (χ1v) is 6.90. The Morgan fingerprint density at radius 3 is 2.38 bits per heavy atom. The molecule has 0 spiro atoms. The molecule has 0 aliphatic heterocycles. The SMILES string of the molecule is COc1cc(CNC(C)C)c(-c2cnccn2)cc1OC. The lowest BCUT2D eigenvalue weighted by molar-refractivity contribution is 0.354. The van der Waals surface area contributed by atoms with Crippen LogP contribution in [0.2, 0.25) is 0 Å². The minimum absolute atomic E-state index is 0.396. The van der Waals surface area contributed by atoms with Gasteiger partial charge >= 0.3 is 0 Å². The van der Waals surface area contributed by atoms with E-state index in [4.69, 9.17) is 9.47 Å². The predicted octanol–water partition coefficient (Wildman–Crippen LogP) is 2.66. The molecule has 112 valence electrons. The number of aromatic nitrogens is 2.